The number of carbonyl (C=O) groups excluding carboxylic acids is 2. The van der Waals surface area contributed by atoms with E-state index in [4.69, 9.17) is 4.99 Å². The third-order valence-electron chi connectivity index (χ3n) is 6.08. The van der Waals surface area contributed by atoms with Crippen molar-refractivity contribution in [1.82, 2.24) is 4.90 Å². The lowest BCUT2D eigenvalue weighted by Gasteiger charge is -2.24. The molecule has 0 bridgehead atoms. The van der Waals surface area contributed by atoms with Gasteiger partial charge in [0.1, 0.15) is 5.92 Å². The molecule has 0 aliphatic carbocycles. The van der Waals surface area contributed by atoms with Gasteiger partial charge in [-0.1, -0.05) is 55.5 Å². The molecule has 3 aromatic carbocycles. The van der Waals surface area contributed by atoms with Crippen molar-refractivity contribution in [2.24, 2.45) is 4.99 Å². The van der Waals surface area contributed by atoms with Crippen molar-refractivity contribution in [3.05, 3.63) is 90.0 Å². The molecule has 1 aliphatic heterocycles. The van der Waals surface area contributed by atoms with Gasteiger partial charge in [0.15, 0.2) is 0 Å². The maximum absolute atomic E-state index is 13.0. The molecule has 6 heteroatoms. The molecule has 2 amide bonds. The van der Waals surface area contributed by atoms with Crippen LogP contribution in [0.1, 0.15) is 36.8 Å². The molecule has 1 N–H and O–H groups in total. The first-order valence-corrected chi connectivity index (χ1v) is 12.1. The number of hydrogen-bond donors (Lipinski definition) is 1. The fourth-order valence-corrected chi connectivity index (χ4v) is 4.28. The summed E-state index contributed by atoms with van der Waals surface area (Å²) < 4.78 is 0. The van der Waals surface area contributed by atoms with Gasteiger partial charge in [-0.25, -0.2) is 0 Å². The lowest BCUT2D eigenvalue weighted by atomic mass is 9.90. The van der Waals surface area contributed by atoms with Crippen LogP contribution in [0.5, 0.6) is 0 Å². The fourth-order valence-electron chi connectivity index (χ4n) is 4.28. The van der Waals surface area contributed by atoms with Crippen LogP contribution >= 0.6 is 0 Å². The van der Waals surface area contributed by atoms with Gasteiger partial charge in [-0.05, 0) is 62.0 Å². The molecule has 6 nitrogen and oxygen atoms in total. The number of anilines is 2. The summed E-state index contributed by atoms with van der Waals surface area (Å²) in [7, 11) is 4.01. The number of nitrogens with zero attached hydrogens (tertiary/aromatic N) is 3. The van der Waals surface area contributed by atoms with Gasteiger partial charge in [0.25, 0.3) is 0 Å². The SMILES string of the molecule is CCCC(=O)N(CCN(C)C)c1ccc(N=C(c2ccccc2)C2C(=O)Nc3ccccc32)cc1. The van der Waals surface area contributed by atoms with Crippen molar-refractivity contribution in [1.29, 1.82) is 0 Å². The third kappa shape index (κ3) is 5.66. The molecule has 180 valence electrons. The van der Waals surface area contributed by atoms with Gasteiger partial charge in [-0.15, -0.1) is 0 Å². The average Bonchev–Trinajstić information content (AvgIpc) is 3.19. The van der Waals surface area contributed by atoms with E-state index in [0.29, 0.717) is 18.7 Å². The monoisotopic (exact) mass is 468 g/mol. The first kappa shape index (κ1) is 24.4. The molecule has 0 spiro atoms. The molecule has 4 rings (SSSR count). The van der Waals surface area contributed by atoms with Crippen LogP contribution in [0.25, 0.3) is 0 Å². The zero-order chi connectivity index (χ0) is 24.8. The second kappa shape index (κ2) is 11.1. The summed E-state index contributed by atoms with van der Waals surface area (Å²) >= 11 is 0. The summed E-state index contributed by atoms with van der Waals surface area (Å²) in [6.45, 7) is 3.43. The highest BCUT2D eigenvalue weighted by molar-refractivity contribution is 6.24. The van der Waals surface area contributed by atoms with E-state index in [1.165, 1.54) is 0 Å². The normalized spacial score (nSPS) is 15.1. The van der Waals surface area contributed by atoms with E-state index in [1.807, 2.05) is 105 Å². The second-order valence-corrected chi connectivity index (χ2v) is 8.99. The Morgan fingerprint density at radius 1 is 0.914 bits per heavy atom. The molecule has 1 unspecified atom stereocenters. The zero-order valence-electron chi connectivity index (χ0n) is 20.6. The summed E-state index contributed by atoms with van der Waals surface area (Å²) in [5.74, 6) is -0.448. The number of fused-ring (bicyclic) bond motifs is 1. The van der Waals surface area contributed by atoms with Crippen LogP contribution in [0, 0.1) is 0 Å². The second-order valence-electron chi connectivity index (χ2n) is 8.99. The predicted octanol–water partition coefficient (Wildman–Crippen LogP) is 5.24. The standard InChI is InChI=1S/C29H32N4O2/c1-4-10-26(34)33(20-19-32(2)3)23-17-15-22(16-18-23)30-28(21-11-6-5-7-12-21)27-24-13-8-9-14-25(24)31-29(27)35/h5-9,11-18,27H,4,10,19-20H2,1-3H3,(H,31,35). The van der Waals surface area contributed by atoms with Crippen molar-refractivity contribution in [2.45, 2.75) is 25.7 Å². The Kier molecular flexibility index (Phi) is 7.73. The van der Waals surface area contributed by atoms with Crippen molar-refractivity contribution in [3.63, 3.8) is 0 Å². The summed E-state index contributed by atoms with van der Waals surface area (Å²) in [6, 6.07) is 25.3. The summed E-state index contributed by atoms with van der Waals surface area (Å²) in [6.07, 6.45) is 1.33. The number of hydrogen-bond acceptors (Lipinski definition) is 4. The topological polar surface area (TPSA) is 65.0 Å². The van der Waals surface area contributed by atoms with Gasteiger partial charge in [0.2, 0.25) is 11.8 Å². The molecule has 0 radical (unpaired) electrons. The van der Waals surface area contributed by atoms with E-state index < -0.39 is 5.92 Å². The van der Waals surface area contributed by atoms with Crippen molar-refractivity contribution >= 4 is 34.6 Å². The molecular formula is C29H32N4O2. The molecule has 0 fully saturated rings. The molecule has 0 saturated heterocycles. The quantitative estimate of drug-likeness (QED) is 0.437. The lowest BCUT2D eigenvalue weighted by Crippen LogP contribution is -2.36. The van der Waals surface area contributed by atoms with Gasteiger partial charge < -0.3 is 15.1 Å². The van der Waals surface area contributed by atoms with Crippen molar-refractivity contribution in [3.8, 4) is 0 Å². The van der Waals surface area contributed by atoms with Crippen LogP contribution < -0.4 is 10.2 Å². The number of para-hydroxylation sites is 1. The minimum absolute atomic E-state index is 0.0783. The van der Waals surface area contributed by atoms with E-state index in [0.717, 1.165) is 41.2 Å². The minimum Gasteiger partial charge on any atom is -0.325 e. The molecule has 0 saturated carbocycles. The molecule has 1 heterocycles. The van der Waals surface area contributed by atoms with Crippen molar-refractivity contribution < 1.29 is 9.59 Å². The van der Waals surface area contributed by atoms with E-state index in [2.05, 4.69) is 10.2 Å². The van der Waals surface area contributed by atoms with Crippen LogP contribution in [0.2, 0.25) is 0 Å². The highest BCUT2D eigenvalue weighted by Gasteiger charge is 2.35. The highest BCUT2D eigenvalue weighted by atomic mass is 16.2. The Bertz CT molecular complexity index is 1200. The van der Waals surface area contributed by atoms with Crippen LogP contribution in [0.4, 0.5) is 17.1 Å². The van der Waals surface area contributed by atoms with Gasteiger partial charge in [-0.3, -0.25) is 14.6 Å². The Labute approximate surface area is 207 Å². The molecule has 35 heavy (non-hydrogen) atoms. The zero-order valence-corrected chi connectivity index (χ0v) is 20.6. The Balaban J connectivity index is 1.69. The molecule has 3 aromatic rings. The Hall–Kier alpha value is -3.77. The summed E-state index contributed by atoms with van der Waals surface area (Å²) in [5, 5.41) is 2.99. The number of carbonyl (C=O) groups is 2. The van der Waals surface area contributed by atoms with E-state index in [9.17, 15) is 9.59 Å². The predicted molar refractivity (Wildman–Crippen MR) is 143 cm³/mol. The maximum Gasteiger partial charge on any atom is 0.238 e. The average molecular weight is 469 g/mol. The largest absolute Gasteiger partial charge is 0.325 e. The number of nitrogens with one attached hydrogen (secondary N) is 1. The van der Waals surface area contributed by atoms with E-state index in [1.54, 1.807) is 0 Å². The summed E-state index contributed by atoms with van der Waals surface area (Å²) in [5.41, 5.74) is 4.95. The maximum atomic E-state index is 13.0. The van der Waals surface area contributed by atoms with Gasteiger partial charge in [0.05, 0.1) is 11.4 Å². The van der Waals surface area contributed by atoms with E-state index in [-0.39, 0.29) is 11.8 Å². The smallest absolute Gasteiger partial charge is 0.238 e. The minimum atomic E-state index is -0.490. The highest BCUT2D eigenvalue weighted by Crippen LogP contribution is 2.36. The molecule has 1 aliphatic rings. The molecular weight excluding hydrogens is 436 g/mol. The van der Waals surface area contributed by atoms with E-state index >= 15 is 0 Å². The first-order chi connectivity index (χ1) is 17.0. The van der Waals surface area contributed by atoms with Crippen LogP contribution in [-0.2, 0) is 9.59 Å². The van der Waals surface area contributed by atoms with Crippen LogP contribution in [0.15, 0.2) is 83.9 Å². The van der Waals surface area contributed by atoms with Gasteiger partial charge in [0, 0.05) is 30.9 Å². The Morgan fingerprint density at radius 3 is 2.29 bits per heavy atom. The summed E-state index contributed by atoms with van der Waals surface area (Å²) in [4.78, 5) is 34.6. The molecule has 1 atom stereocenters. The number of benzene rings is 3. The van der Waals surface area contributed by atoms with Crippen LogP contribution in [-0.4, -0.2) is 49.6 Å². The first-order valence-electron chi connectivity index (χ1n) is 12.1. The van der Waals surface area contributed by atoms with Gasteiger partial charge >= 0.3 is 0 Å². The van der Waals surface area contributed by atoms with Crippen molar-refractivity contribution in [2.75, 3.05) is 37.4 Å². The number of amides is 2. The third-order valence-corrected chi connectivity index (χ3v) is 6.08. The molecule has 0 aromatic heterocycles. The van der Waals surface area contributed by atoms with Crippen LogP contribution in [0.3, 0.4) is 0 Å². The van der Waals surface area contributed by atoms with Gasteiger partial charge in [-0.2, -0.15) is 0 Å². The fraction of sp³-hybridized carbons (Fsp3) is 0.276. The number of likely N-dealkylation sites (N-methyl/N-ethyl adjacent to an activating group) is 1. The number of rotatable bonds is 9. The Morgan fingerprint density at radius 2 is 1.60 bits per heavy atom. The lowest BCUT2D eigenvalue weighted by molar-refractivity contribution is -0.118. The number of aliphatic imine (C=N–C) groups is 1.